The smallest absolute Gasteiger partial charge is 0.261 e. The Hall–Kier alpha value is -2.12. The number of aryl methyl sites for hydroxylation is 1. The van der Waals surface area contributed by atoms with Gasteiger partial charge in [0.05, 0.1) is 16.8 Å². The number of hydrogen-bond acceptors (Lipinski definition) is 5. The van der Waals surface area contributed by atoms with Crippen molar-refractivity contribution >= 4 is 21.5 Å². The molecule has 29 heavy (non-hydrogen) atoms. The Kier molecular flexibility index (Phi) is 6.80. The number of pyridine rings is 1. The van der Waals surface area contributed by atoms with E-state index in [1.807, 2.05) is 25.1 Å². The Labute approximate surface area is 175 Å². The summed E-state index contributed by atoms with van der Waals surface area (Å²) in [5.74, 6) is 1.27. The van der Waals surface area contributed by atoms with Crippen LogP contribution in [0.2, 0.25) is 0 Å². The van der Waals surface area contributed by atoms with E-state index in [4.69, 9.17) is 0 Å². The van der Waals surface area contributed by atoms with E-state index in [2.05, 4.69) is 40.3 Å². The van der Waals surface area contributed by atoms with Crippen LogP contribution in [0.25, 0.3) is 0 Å². The molecule has 6 nitrogen and oxygen atoms in total. The Balaban J connectivity index is 1.70. The lowest BCUT2D eigenvalue weighted by molar-refractivity contribution is 0.258. The fourth-order valence-electron chi connectivity index (χ4n) is 3.57. The summed E-state index contributed by atoms with van der Waals surface area (Å²) in [7, 11) is -3.64. The molecule has 3 rings (SSSR count). The maximum absolute atomic E-state index is 12.8. The van der Waals surface area contributed by atoms with Crippen LogP contribution in [0.15, 0.2) is 41.4 Å². The predicted octanol–water partition coefficient (Wildman–Crippen LogP) is 3.85. The largest absolute Gasteiger partial charge is 0.354 e. The van der Waals surface area contributed by atoms with Gasteiger partial charge in [0.2, 0.25) is 0 Å². The zero-order valence-electron chi connectivity index (χ0n) is 17.9. The fraction of sp³-hybridized carbons (Fsp3) is 0.500. The van der Waals surface area contributed by atoms with Gasteiger partial charge in [-0.15, -0.1) is 0 Å². The Bertz CT molecular complexity index is 918. The van der Waals surface area contributed by atoms with Gasteiger partial charge in [0, 0.05) is 26.2 Å². The first kappa shape index (κ1) is 21.6. The lowest BCUT2D eigenvalue weighted by atomic mass is 10.0. The van der Waals surface area contributed by atoms with Crippen molar-refractivity contribution in [2.75, 3.05) is 42.3 Å². The van der Waals surface area contributed by atoms with Gasteiger partial charge in [0.25, 0.3) is 10.0 Å². The molecule has 1 saturated heterocycles. The van der Waals surface area contributed by atoms with E-state index in [1.54, 1.807) is 18.3 Å². The normalized spacial score (nSPS) is 15.7. The molecule has 2 aromatic rings. The van der Waals surface area contributed by atoms with E-state index in [-0.39, 0.29) is 4.90 Å². The summed E-state index contributed by atoms with van der Waals surface area (Å²) >= 11 is 0. The zero-order valence-corrected chi connectivity index (χ0v) is 18.7. The minimum Gasteiger partial charge on any atom is -0.354 e. The highest BCUT2D eigenvalue weighted by molar-refractivity contribution is 7.92. The summed E-state index contributed by atoms with van der Waals surface area (Å²) in [5, 5.41) is 0. The fourth-order valence-corrected chi connectivity index (χ4v) is 4.69. The Morgan fingerprint density at radius 1 is 1.10 bits per heavy atom. The van der Waals surface area contributed by atoms with E-state index in [0.717, 1.165) is 49.7 Å². The van der Waals surface area contributed by atoms with Crippen LogP contribution in [0, 0.1) is 6.92 Å². The molecule has 1 aliphatic heterocycles. The summed E-state index contributed by atoms with van der Waals surface area (Å²) in [6, 6.07) is 9.02. The van der Waals surface area contributed by atoms with E-state index in [0.29, 0.717) is 11.6 Å². The number of hydrogen-bond donors (Lipinski definition) is 1. The maximum Gasteiger partial charge on any atom is 0.261 e. The number of nitrogens with zero attached hydrogens (tertiary/aromatic N) is 3. The molecule has 0 spiro atoms. The second-order valence-electron chi connectivity index (χ2n) is 8.02. The first-order chi connectivity index (χ1) is 13.8. The first-order valence-electron chi connectivity index (χ1n) is 10.4. The minimum atomic E-state index is -3.64. The molecule has 0 bridgehead atoms. The molecule has 0 saturated carbocycles. The average molecular weight is 417 g/mol. The molecule has 0 atom stereocenters. The predicted molar refractivity (Wildman–Crippen MR) is 119 cm³/mol. The monoisotopic (exact) mass is 416 g/mol. The van der Waals surface area contributed by atoms with E-state index in [9.17, 15) is 8.42 Å². The second-order valence-corrected chi connectivity index (χ2v) is 9.70. The quantitative estimate of drug-likeness (QED) is 0.743. The number of rotatable bonds is 7. The highest BCUT2D eigenvalue weighted by Crippen LogP contribution is 2.24. The average Bonchev–Trinajstić information content (AvgIpc) is 2.70. The van der Waals surface area contributed by atoms with Gasteiger partial charge in [0.15, 0.2) is 0 Å². The topological polar surface area (TPSA) is 65.5 Å². The second kappa shape index (κ2) is 9.13. The van der Waals surface area contributed by atoms with Gasteiger partial charge in [-0.25, -0.2) is 13.4 Å². The summed E-state index contributed by atoms with van der Waals surface area (Å²) in [5.41, 5.74) is 2.50. The highest BCUT2D eigenvalue weighted by Gasteiger charge is 2.20. The van der Waals surface area contributed by atoms with E-state index in [1.165, 1.54) is 6.42 Å². The molecule has 1 aromatic carbocycles. The molecule has 1 N–H and O–H groups in total. The van der Waals surface area contributed by atoms with Gasteiger partial charge >= 0.3 is 0 Å². The SMILES string of the molecule is CCCN1CCN(c2cc(C)c(NS(=O)(=O)c3ccc(C(C)C)cc3)cn2)CC1. The van der Waals surface area contributed by atoms with Crippen LogP contribution in [0.4, 0.5) is 11.5 Å². The lowest BCUT2D eigenvalue weighted by Crippen LogP contribution is -2.46. The van der Waals surface area contributed by atoms with Crippen molar-refractivity contribution in [3.8, 4) is 0 Å². The molecule has 0 unspecified atom stereocenters. The summed E-state index contributed by atoms with van der Waals surface area (Å²) in [6.07, 6.45) is 2.80. The van der Waals surface area contributed by atoms with Gasteiger partial charge in [-0.05, 0) is 55.1 Å². The van der Waals surface area contributed by atoms with Crippen molar-refractivity contribution in [2.45, 2.75) is 44.9 Å². The molecule has 1 fully saturated rings. The van der Waals surface area contributed by atoms with Gasteiger partial charge in [0.1, 0.15) is 5.82 Å². The summed E-state index contributed by atoms with van der Waals surface area (Å²) in [6.45, 7) is 13.4. The van der Waals surface area contributed by atoms with Gasteiger partial charge in [-0.1, -0.05) is 32.9 Å². The number of anilines is 2. The molecule has 0 aliphatic carbocycles. The number of aromatic nitrogens is 1. The van der Waals surface area contributed by atoms with Crippen molar-refractivity contribution in [3.63, 3.8) is 0 Å². The molecule has 0 amide bonds. The van der Waals surface area contributed by atoms with Gasteiger partial charge in [-0.3, -0.25) is 9.62 Å². The summed E-state index contributed by atoms with van der Waals surface area (Å²) in [4.78, 5) is 9.53. The van der Waals surface area contributed by atoms with Crippen molar-refractivity contribution in [1.29, 1.82) is 0 Å². The molecule has 1 aromatic heterocycles. The Morgan fingerprint density at radius 2 is 1.76 bits per heavy atom. The summed E-state index contributed by atoms with van der Waals surface area (Å²) < 4.78 is 28.2. The van der Waals surface area contributed by atoms with Crippen LogP contribution in [0.3, 0.4) is 0 Å². The lowest BCUT2D eigenvalue weighted by Gasteiger charge is -2.35. The van der Waals surface area contributed by atoms with Gasteiger partial charge in [-0.2, -0.15) is 0 Å². The van der Waals surface area contributed by atoms with Crippen LogP contribution in [-0.4, -0.2) is 51.0 Å². The maximum atomic E-state index is 12.8. The third-order valence-corrected chi connectivity index (χ3v) is 6.82. The minimum absolute atomic E-state index is 0.262. The standard InChI is InChI=1S/C22H32N4O2S/c1-5-10-25-11-13-26(14-12-25)22-15-18(4)21(16-23-22)24-29(27,28)20-8-6-19(7-9-20)17(2)3/h6-9,15-17,24H,5,10-14H2,1-4H3. The van der Waals surface area contributed by atoms with Crippen molar-refractivity contribution in [1.82, 2.24) is 9.88 Å². The van der Waals surface area contributed by atoms with Crippen LogP contribution in [0.1, 0.15) is 44.2 Å². The van der Waals surface area contributed by atoms with Crippen LogP contribution in [-0.2, 0) is 10.0 Å². The molecule has 1 aliphatic rings. The van der Waals surface area contributed by atoms with E-state index >= 15 is 0 Å². The molecule has 0 radical (unpaired) electrons. The van der Waals surface area contributed by atoms with Crippen LogP contribution < -0.4 is 9.62 Å². The third-order valence-electron chi connectivity index (χ3n) is 5.43. The number of sulfonamides is 1. The Morgan fingerprint density at radius 3 is 2.31 bits per heavy atom. The van der Waals surface area contributed by atoms with E-state index < -0.39 is 10.0 Å². The van der Waals surface area contributed by atoms with Crippen LogP contribution in [0.5, 0.6) is 0 Å². The highest BCUT2D eigenvalue weighted by atomic mass is 32.2. The van der Waals surface area contributed by atoms with Crippen molar-refractivity contribution < 1.29 is 8.42 Å². The van der Waals surface area contributed by atoms with Crippen molar-refractivity contribution in [2.24, 2.45) is 0 Å². The molecular formula is C22H32N4O2S. The first-order valence-corrected chi connectivity index (χ1v) is 11.8. The number of benzene rings is 1. The molecule has 158 valence electrons. The molecular weight excluding hydrogens is 384 g/mol. The number of piperazine rings is 1. The van der Waals surface area contributed by atoms with Crippen molar-refractivity contribution in [3.05, 3.63) is 47.7 Å². The van der Waals surface area contributed by atoms with Gasteiger partial charge < -0.3 is 4.90 Å². The van der Waals surface area contributed by atoms with Crippen LogP contribution >= 0.6 is 0 Å². The third kappa shape index (κ3) is 5.28. The molecule has 7 heteroatoms. The molecule has 2 heterocycles. The number of nitrogens with one attached hydrogen (secondary N) is 1. The zero-order chi connectivity index (χ0) is 21.0.